The topological polar surface area (TPSA) is 55.0 Å². The van der Waals surface area contributed by atoms with Crippen molar-refractivity contribution in [2.75, 3.05) is 7.11 Å². The SMILES string of the molecule is COc1ccc(-c2cc(C)[nH]c(=O)n2)c(C)c1C. The number of aromatic nitrogens is 2. The first-order valence-electron chi connectivity index (χ1n) is 5.75. The van der Waals surface area contributed by atoms with E-state index in [1.165, 1.54) is 0 Å². The summed E-state index contributed by atoms with van der Waals surface area (Å²) >= 11 is 0. The van der Waals surface area contributed by atoms with Crippen LogP contribution in [-0.4, -0.2) is 17.1 Å². The van der Waals surface area contributed by atoms with Crippen molar-refractivity contribution in [1.82, 2.24) is 9.97 Å². The van der Waals surface area contributed by atoms with Crippen LogP contribution in [0.4, 0.5) is 0 Å². The first-order chi connectivity index (χ1) is 8.52. The Balaban J connectivity index is 2.64. The van der Waals surface area contributed by atoms with Crippen molar-refractivity contribution >= 4 is 0 Å². The van der Waals surface area contributed by atoms with Gasteiger partial charge in [0.05, 0.1) is 12.8 Å². The fraction of sp³-hybridized carbons (Fsp3) is 0.286. The van der Waals surface area contributed by atoms with Crippen molar-refractivity contribution in [1.29, 1.82) is 0 Å². The van der Waals surface area contributed by atoms with E-state index in [0.717, 1.165) is 28.1 Å². The van der Waals surface area contributed by atoms with Crippen LogP contribution < -0.4 is 10.4 Å². The molecule has 0 unspecified atom stereocenters. The van der Waals surface area contributed by atoms with Crippen molar-refractivity contribution in [3.05, 3.63) is 45.5 Å². The molecule has 1 N–H and O–H groups in total. The van der Waals surface area contributed by atoms with Crippen LogP contribution >= 0.6 is 0 Å². The Labute approximate surface area is 106 Å². The molecule has 2 rings (SSSR count). The molecule has 0 spiro atoms. The van der Waals surface area contributed by atoms with E-state index in [-0.39, 0.29) is 5.69 Å². The average molecular weight is 244 g/mol. The summed E-state index contributed by atoms with van der Waals surface area (Å²) in [4.78, 5) is 18.1. The fourth-order valence-corrected chi connectivity index (χ4v) is 2.01. The summed E-state index contributed by atoms with van der Waals surface area (Å²) in [6, 6.07) is 5.70. The number of hydrogen-bond acceptors (Lipinski definition) is 3. The van der Waals surface area contributed by atoms with E-state index in [9.17, 15) is 4.79 Å². The van der Waals surface area contributed by atoms with Crippen LogP contribution in [0.15, 0.2) is 23.0 Å². The molecule has 1 aromatic heterocycles. The van der Waals surface area contributed by atoms with Crippen molar-refractivity contribution in [3.63, 3.8) is 0 Å². The molecule has 4 heteroatoms. The average Bonchev–Trinajstić information content (AvgIpc) is 2.31. The lowest BCUT2D eigenvalue weighted by molar-refractivity contribution is 0.411. The third kappa shape index (κ3) is 2.14. The van der Waals surface area contributed by atoms with Gasteiger partial charge in [-0.25, -0.2) is 4.79 Å². The molecule has 0 saturated carbocycles. The zero-order valence-corrected chi connectivity index (χ0v) is 11.0. The van der Waals surface area contributed by atoms with E-state index >= 15 is 0 Å². The highest BCUT2D eigenvalue weighted by Crippen LogP contribution is 2.29. The van der Waals surface area contributed by atoms with Gasteiger partial charge in [0, 0.05) is 11.3 Å². The Bertz CT molecular complexity index is 645. The van der Waals surface area contributed by atoms with E-state index in [1.807, 2.05) is 39.0 Å². The summed E-state index contributed by atoms with van der Waals surface area (Å²) in [5.41, 5.74) is 4.28. The molecule has 0 amide bonds. The number of nitrogens with one attached hydrogen (secondary N) is 1. The maximum absolute atomic E-state index is 11.4. The van der Waals surface area contributed by atoms with Crippen molar-refractivity contribution in [3.8, 4) is 17.0 Å². The van der Waals surface area contributed by atoms with E-state index in [0.29, 0.717) is 5.69 Å². The van der Waals surface area contributed by atoms with Crippen LogP contribution in [0.5, 0.6) is 5.75 Å². The Hall–Kier alpha value is -2.10. The summed E-state index contributed by atoms with van der Waals surface area (Å²) in [7, 11) is 1.65. The maximum atomic E-state index is 11.4. The zero-order valence-electron chi connectivity index (χ0n) is 11.0. The molecule has 2 aromatic rings. The van der Waals surface area contributed by atoms with Gasteiger partial charge in [-0.2, -0.15) is 4.98 Å². The molecular formula is C14H16N2O2. The number of H-pyrrole nitrogens is 1. The smallest absolute Gasteiger partial charge is 0.345 e. The zero-order chi connectivity index (χ0) is 13.3. The molecule has 0 saturated heterocycles. The minimum absolute atomic E-state index is 0.321. The van der Waals surface area contributed by atoms with Gasteiger partial charge in [0.2, 0.25) is 0 Å². The number of rotatable bonds is 2. The molecular weight excluding hydrogens is 228 g/mol. The normalized spacial score (nSPS) is 10.4. The molecule has 0 aliphatic rings. The van der Waals surface area contributed by atoms with Crippen LogP contribution in [0.1, 0.15) is 16.8 Å². The quantitative estimate of drug-likeness (QED) is 0.882. The first-order valence-corrected chi connectivity index (χ1v) is 5.75. The number of benzene rings is 1. The second-order valence-corrected chi connectivity index (χ2v) is 4.32. The number of hydrogen-bond donors (Lipinski definition) is 1. The van der Waals surface area contributed by atoms with Crippen molar-refractivity contribution < 1.29 is 4.74 Å². The Morgan fingerprint density at radius 1 is 1.17 bits per heavy atom. The van der Waals surface area contributed by atoms with E-state index in [2.05, 4.69) is 9.97 Å². The summed E-state index contributed by atoms with van der Waals surface area (Å²) in [6.07, 6.45) is 0. The van der Waals surface area contributed by atoms with Gasteiger partial charge in [0.1, 0.15) is 5.75 Å². The van der Waals surface area contributed by atoms with Crippen LogP contribution in [0, 0.1) is 20.8 Å². The lowest BCUT2D eigenvalue weighted by Crippen LogP contribution is -2.12. The van der Waals surface area contributed by atoms with E-state index in [4.69, 9.17) is 4.74 Å². The Morgan fingerprint density at radius 3 is 2.50 bits per heavy atom. The van der Waals surface area contributed by atoms with Crippen LogP contribution in [-0.2, 0) is 0 Å². The lowest BCUT2D eigenvalue weighted by Gasteiger charge is -2.12. The summed E-state index contributed by atoms with van der Waals surface area (Å²) in [5, 5.41) is 0. The van der Waals surface area contributed by atoms with Gasteiger partial charge in [0.25, 0.3) is 0 Å². The Morgan fingerprint density at radius 2 is 1.89 bits per heavy atom. The molecule has 0 atom stereocenters. The Kier molecular flexibility index (Phi) is 3.19. The fourth-order valence-electron chi connectivity index (χ4n) is 2.01. The number of aromatic amines is 1. The number of aryl methyl sites for hydroxylation is 1. The molecule has 94 valence electrons. The number of ether oxygens (including phenoxy) is 1. The lowest BCUT2D eigenvalue weighted by atomic mass is 9.99. The molecule has 1 heterocycles. The third-order valence-corrected chi connectivity index (χ3v) is 3.11. The molecule has 0 aliphatic carbocycles. The van der Waals surface area contributed by atoms with Gasteiger partial charge in [0.15, 0.2) is 0 Å². The predicted molar refractivity (Wildman–Crippen MR) is 71.1 cm³/mol. The van der Waals surface area contributed by atoms with Gasteiger partial charge in [-0.05, 0) is 50.1 Å². The molecule has 1 aromatic carbocycles. The summed E-state index contributed by atoms with van der Waals surface area (Å²) in [6.45, 7) is 5.85. The van der Waals surface area contributed by atoms with Crippen LogP contribution in [0.25, 0.3) is 11.3 Å². The number of methoxy groups -OCH3 is 1. The van der Waals surface area contributed by atoms with Crippen molar-refractivity contribution in [2.24, 2.45) is 0 Å². The highest BCUT2D eigenvalue weighted by Gasteiger charge is 2.10. The van der Waals surface area contributed by atoms with Crippen LogP contribution in [0.2, 0.25) is 0 Å². The van der Waals surface area contributed by atoms with Crippen LogP contribution in [0.3, 0.4) is 0 Å². The maximum Gasteiger partial charge on any atom is 0.345 e. The van der Waals surface area contributed by atoms with Gasteiger partial charge < -0.3 is 9.72 Å². The summed E-state index contributed by atoms with van der Waals surface area (Å²) < 4.78 is 5.28. The predicted octanol–water partition coefficient (Wildman–Crippen LogP) is 2.37. The number of nitrogens with zero attached hydrogens (tertiary/aromatic N) is 1. The first kappa shape index (κ1) is 12.4. The minimum Gasteiger partial charge on any atom is -0.496 e. The third-order valence-electron chi connectivity index (χ3n) is 3.11. The van der Waals surface area contributed by atoms with E-state index in [1.54, 1.807) is 7.11 Å². The van der Waals surface area contributed by atoms with Gasteiger partial charge in [-0.1, -0.05) is 0 Å². The van der Waals surface area contributed by atoms with Gasteiger partial charge in [-0.3, -0.25) is 0 Å². The highest BCUT2D eigenvalue weighted by molar-refractivity contribution is 5.67. The molecule has 18 heavy (non-hydrogen) atoms. The molecule has 0 aliphatic heterocycles. The standard InChI is InChI=1S/C14H16N2O2/c1-8-7-12(16-14(17)15-8)11-5-6-13(18-4)10(3)9(11)2/h5-7H,1-4H3,(H,15,16,17). The monoisotopic (exact) mass is 244 g/mol. The van der Waals surface area contributed by atoms with Gasteiger partial charge in [-0.15, -0.1) is 0 Å². The minimum atomic E-state index is -0.321. The largest absolute Gasteiger partial charge is 0.496 e. The molecule has 0 bridgehead atoms. The van der Waals surface area contributed by atoms with Crippen molar-refractivity contribution in [2.45, 2.75) is 20.8 Å². The van der Waals surface area contributed by atoms with E-state index < -0.39 is 0 Å². The highest BCUT2D eigenvalue weighted by atomic mass is 16.5. The second-order valence-electron chi connectivity index (χ2n) is 4.32. The van der Waals surface area contributed by atoms with Gasteiger partial charge >= 0.3 is 5.69 Å². The molecule has 0 radical (unpaired) electrons. The molecule has 4 nitrogen and oxygen atoms in total. The molecule has 0 fully saturated rings. The summed E-state index contributed by atoms with van der Waals surface area (Å²) in [5.74, 6) is 0.845. The second kappa shape index (κ2) is 4.64.